The lowest BCUT2D eigenvalue weighted by molar-refractivity contribution is -0.118. The first-order valence-corrected chi connectivity index (χ1v) is 13.3. The van der Waals surface area contributed by atoms with E-state index in [9.17, 15) is 9.59 Å². The number of aryl methyl sites for hydroxylation is 1. The predicted octanol–water partition coefficient (Wildman–Crippen LogP) is 6.01. The van der Waals surface area contributed by atoms with Crippen LogP contribution in [0.4, 0.5) is 0 Å². The molecule has 0 atom stereocenters. The highest BCUT2D eigenvalue weighted by Crippen LogP contribution is 2.29. The monoisotopic (exact) mass is 504 g/mol. The number of benzene rings is 3. The highest BCUT2D eigenvalue weighted by Gasteiger charge is 2.25. The van der Waals surface area contributed by atoms with Crippen LogP contribution in [0.25, 0.3) is 11.1 Å². The van der Waals surface area contributed by atoms with Crippen LogP contribution >= 0.6 is 0 Å². The Morgan fingerprint density at radius 1 is 0.816 bits per heavy atom. The molecule has 1 aliphatic carbocycles. The fourth-order valence-electron chi connectivity index (χ4n) is 4.54. The van der Waals surface area contributed by atoms with Crippen LogP contribution in [0.5, 0.6) is 5.75 Å². The first-order chi connectivity index (χ1) is 18.7. The van der Waals surface area contributed by atoms with Gasteiger partial charge in [-0.15, -0.1) is 0 Å². The molecule has 1 heterocycles. The van der Waals surface area contributed by atoms with E-state index in [0.29, 0.717) is 43.9 Å². The summed E-state index contributed by atoms with van der Waals surface area (Å²) < 4.78 is 6.03. The number of rotatable bonds is 12. The molecule has 1 aromatic heterocycles. The van der Waals surface area contributed by atoms with Crippen LogP contribution in [-0.4, -0.2) is 29.3 Å². The van der Waals surface area contributed by atoms with Crippen molar-refractivity contribution >= 4 is 11.7 Å². The van der Waals surface area contributed by atoms with Crippen molar-refractivity contribution in [2.75, 3.05) is 6.61 Å². The van der Waals surface area contributed by atoms with Crippen molar-refractivity contribution in [1.29, 1.82) is 0 Å². The number of aromatic nitrogens is 1. The van der Waals surface area contributed by atoms with Gasteiger partial charge in [-0.25, -0.2) is 0 Å². The Balaban J connectivity index is 1.16. The number of hydrogen-bond donors (Lipinski definition) is 1. The summed E-state index contributed by atoms with van der Waals surface area (Å²) in [7, 11) is 0. The van der Waals surface area contributed by atoms with Crippen LogP contribution in [0.15, 0.2) is 97.3 Å². The van der Waals surface area contributed by atoms with E-state index >= 15 is 0 Å². The SMILES string of the molecule is O=C(CCc1cccnc1)Cc1ccc(OCCc2ccccc2-c2ccccc2C(=O)NC2CC2)cc1. The molecule has 38 heavy (non-hydrogen) atoms. The molecule has 4 aromatic rings. The Kier molecular flexibility index (Phi) is 8.24. The number of amides is 1. The summed E-state index contributed by atoms with van der Waals surface area (Å²) in [4.78, 5) is 29.3. The molecular weight excluding hydrogens is 472 g/mol. The smallest absolute Gasteiger partial charge is 0.252 e. The average Bonchev–Trinajstić information content (AvgIpc) is 3.78. The minimum atomic E-state index is -0.00945. The molecule has 0 aliphatic heterocycles. The molecule has 1 amide bonds. The number of nitrogens with zero attached hydrogens (tertiary/aromatic N) is 1. The van der Waals surface area contributed by atoms with Gasteiger partial charge in [-0.1, -0.05) is 60.7 Å². The van der Waals surface area contributed by atoms with Crippen molar-refractivity contribution in [2.45, 2.75) is 44.6 Å². The molecule has 0 saturated heterocycles. The summed E-state index contributed by atoms with van der Waals surface area (Å²) in [5.41, 5.74) is 5.90. The van der Waals surface area contributed by atoms with Crippen LogP contribution in [0.3, 0.4) is 0 Å². The lowest BCUT2D eigenvalue weighted by Crippen LogP contribution is -2.25. The van der Waals surface area contributed by atoms with E-state index in [1.54, 1.807) is 6.20 Å². The molecule has 0 unspecified atom stereocenters. The van der Waals surface area contributed by atoms with Gasteiger partial charge < -0.3 is 10.1 Å². The molecule has 192 valence electrons. The maximum atomic E-state index is 12.8. The molecule has 0 bridgehead atoms. The van der Waals surface area contributed by atoms with Crippen LogP contribution in [0.2, 0.25) is 0 Å². The zero-order valence-corrected chi connectivity index (χ0v) is 21.4. The summed E-state index contributed by atoms with van der Waals surface area (Å²) >= 11 is 0. The molecule has 1 N–H and O–H groups in total. The summed E-state index contributed by atoms with van der Waals surface area (Å²) in [5.74, 6) is 0.980. The number of pyridine rings is 1. The van der Waals surface area contributed by atoms with Crippen molar-refractivity contribution in [3.8, 4) is 16.9 Å². The van der Waals surface area contributed by atoms with Gasteiger partial charge >= 0.3 is 0 Å². The quantitative estimate of drug-likeness (QED) is 0.257. The second-order valence-corrected chi connectivity index (χ2v) is 9.77. The van der Waals surface area contributed by atoms with Crippen molar-refractivity contribution in [1.82, 2.24) is 10.3 Å². The van der Waals surface area contributed by atoms with Gasteiger partial charge in [0, 0.05) is 43.3 Å². The predicted molar refractivity (Wildman–Crippen MR) is 149 cm³/mol. The minimum absolute atomic E-state index is 0.00945. The van der Waals surface area contributed by atoms with E-state index in [1.165, 1.54) is 0 Å². The van der Waals surface area contributed by atoms with Crippen LogP contribution in [0, 0.1) is 0 Å². The van der Waals surface area contributed by atoms with E-state index in [4.69, 9.17) is 4.74 Å². The highest BCUT2D eigenvalue weighted by molar-refractivity contribution is 6.01. The zero-order valence-electron chi connectivity index (χ0n) is 21.4. The Morgan fingerprint density at radius 3 is 2.34 bits per heavy atom. The van der Waals surface area contributed by atoms with Gasteiger partial charge in [-0.3, -0.25) is 14.6 Å². The second-order valence-electron chi connectivity index (χ2n) is 9.77. The third-order valence-corrected chi connectivity index (χ3v) is 6.77. The Hall–Kier alpha value is -4.25. The van der Waals surface area contributed by atoms with Gasteiger partial charge in [-0.05, 0) is 71.3 Å². The number of ketones is 1. The van der Waals surface area contributed by atoms with Crippen molar-refractivity contribution in [3.63, 3.8) is 0 Å². The Labute approximate surface area is 223 Å². The molecule has 1 fully saturated rings. The third-order valence-electron chi connectivity index (χ3n) is 6.77. The lowest BCUT2D eigenvalue weighted by Gasteiger charge is -2.14. The number of carbonyl (C=O) groups is 2. The number of Topliss-reactive ketones (excluding diaryl/α,β-unsaturated/α-hetero) is 1. The van der Waals surface area contributed by atoms with Crippen molar-refractivity contribution in [3.05, 3.63) is 120 Å². The maximum absolute atomic E-state index is 12.8. The van der Waals surface area contributed by atoms with Gasteiger partial charge in [0.05, 0.1) is 6.61 Å². The lowest BCUT2D eigenvalue weighted by atomic mass is 9.93. The number of hydrogen-bond acceptors (Lipinski definition) is 4. The third kappa shape index (κ3) is 6.94. The normalized spacial score (nSPS) is 12.6. The van der Waals surface area contributed by atoms with E-state index in [1.807, 2.05) is 79.0 Å². The average molecular weight is 505 g/mol. The number of nitrogens with one attached hydrogen (secondary N) is 1. The zero-order chi connectivity index (χ0) is 26.2. The van der Waals surface area contributed by atoms with Gasteiger partial charge in [0.15, 0.2) is 0 Å². The fraction of sp³-hybridized carbons (Fsp3) is 0.242. The molecule has 0 radical (unpaired) electrons. The fourth-order valence-corrected chi connectivity index (χ4v) is 4.54. The topological polar surface area (TPSA) is 68.3 Å². The van der Waals surface area contributed by atoms with E-state index in [2.05, 4.69) is 22.4 Å². The summed E-state index contributed by atoms with van der Waals surface area (Å²) in [5, 5.41) is 3.11. The van der Waals surface area contributed by atoms with Gasteiger partial charge in [0.25, 0.3) is 5.91 Å². The Morgan fingerprint density at radius 2 is 1.58 bits per heavy atom. The van der Waals surface area contributed by atoms with E-state index in [-0.39, 0.29) is 11.7 Å². The summed E-state index contributed by atoms with van der Waals surface area (Å²) in [6.45, 7) is 0.511. The molecule has 1 saturated carbocycles. The largest absolute Gasteiger partial charge is 0.493 e. The van der Waals surface area contributed by atoms with Gasteiger partial charge in [0.2, 0.25) is 0 Å². The molecule has 3 aromatic carbocycles. The molecule has 5 heteroatoms. The van der Waals surface area contributed by atoms with Gasteiger partial charge in [-0.2, -0.15) is 0 Å². The molecule has 5 rings (SSSR count). The summed E-state index contributed by atoms with van der Waals surface area (Å²) in [6, 6.07) is 27.9. The molecule has 0 spiro atoms. The second kappa shape index (κ2) is 12.3. The minimum Gasteiger partial charge on any atom is -0.493 e. The molecular formula is C33H32N2O3. The van der Waals surface area contributed by atoms with Crippen molar-refractivity contribution < 1.29 is 14.3 Å². The first kappa shape index (κ1) is 25.4. The number of carbonyl (C=O) groups excluding carboxylic acids is 2. The molecule has 1 aliphatic rings. The van der Waals surface area contributed by atoms with E-state index < -0.39 is 0 Å². The van der Waals surface area contributed by atoms with Gasteiger partial charge in [0.1, 0.15) is 11.5 Å². The van der Waals surface area contributed by atoms with Crippen LogP contribution in [-0.2, 0) is 24.1 Å². The summed E-state index contributed by atoms with van der Waals surface area (Å²) in [6.07, 6.45) is 8.02. The first-order valence-electron chi connectivity index (χ1n) is 13.3. The maximum Gasteiger partial charge on any atom is 0.252 e. The van der Waals surface area contributed by atoms with Crippen LogP contribution in [0.1, 0.15) is 46.3 Å². The standard InChI is InChI=1S/C33H32N2O3/c36-28(16-11-25-6-5-20-34-23-25)22-24-12-17-29(18-13-24)38-21-19-26-7-1-2-8-30(26)31-9-3-4-10-32(31)33(37)35-27-14-15-27/h1-10,12-13,17-18,20,23,27H,11,14-16,19,21-22H2,(H,35,37). The van der Waals surface area contributed by atoms with Crippen LogP contribution < -0.4 is 10.1 Å². The Bertz CT molecular complexity index is 1380. The molecule has 5 nitrogen and oxygen atoms in total. The van der Waals surface area contributed by atoms with E-state index in [0.717, 1.165) is 46.4 Å². The highest BCUT2D eigenvalue weighted by atomic mass is 16.5. The number of ether oxygens (including phenoxy) is 1. The van der Waals surface area contributed by atoms with Crippen molar-refractivity contribution in [2.24, 2.45) is 0 Å².